The summed E-state index contributed by atoms with van der Waals surface area (Å²) in [4.78, 5) is 0. The average Bonchev–Trinajstić information content (AvgIpc) is 2.84. The van der Waals surface area contributed by atoms with E-state index >= 15 is 0 Å². The molecule has 1 atom stereocenters. The van der Waals surface area contributed by atoms with Crippen LogP contribution in [0.3, 0.4) is 0 Å². The Balaban J connectivity index is 1.90. The van der Waals surface area contributed by atoms with E-state index in [1.807, 2.05) is 23.0 Å². The van der Waals surface area contributed by atoms with Crippen LogP contribution in [0.2, 0.25) is 5.02 Å². The molecule has 1 N–H and O–H groups in total. The highest BCUT2D eigenvalue weighted by atomic mass is 35.5. The van der Waals surface area contributed by atoms with Gasteiger partial charge < -0.3 is 5.32 Å². The smallest absolute Gasteiger partial charge is 0.0534 e. The second-order valence-corrected chi connectivity index (χ2v) is 5.56. The first-order valence-corrected chi connectivity index (χ1v) is 7.54. The minimum absolute atomic E-state index is 0.383. The first-order valence-electron chi connectivity index (χ1n) is 7.17. The minimum atomic E-state index is 0.383. The van der Waals surface area contributed by atoms with Crippen LogP contribution in [-0.4, -0.2) is 16.3 Å². The van der Waals surface area contributed by atoms with Crippen LogP contribution in [0.15, 0.2) is 36.7 Å². The van der Waals surface area contributed by atoms with Crippen molar-refractivity contribution in [2.75, 3.05) is 6.54 Å². The molecule has 0 aliphatic rings. The molecule has 1 heterocycles. The summed E-state index contributed by atoms with van der Waals surface area (Å²) in [6, 6.07) is 8.51. The normalized spacial score (nSPS) is 12.6. The van der Waals surface area contributed by atoms with E-state index in [2.05, 4.69) is 42.6 Å². The molecule has 0 aliphatic heterocycles. The zero-order valence-electron chi connectivity index (χ0n) is 12.1. The predicted molar refractivity (Wildman–Crippen MR) is 84.1 cm³/mol. The molecule has 1 unspecified atom stereocenters. The first-order chi connectivity index (χ1) is 9.69. The summed E-state index contributed by atoms with van der Waals surface area (Å²) in [7, 11) is 0. The molecule has 1 aromatic carbocycles. The highest BCUT2D eigenvalue weighted by Gasteiger charge is 2.09. The van der Waals surface area contributed by atoms with Crippen LogP contribution >= 0.6 is 11.6 Å². The third-order valence-electron chi connectivity index (χ3n) is 3.34. The van der Waals surface area contributed by atoms with Gasteiger partial charge >= 0.3 is 0 Å². The molecule has 0 bridgehead atoms. The number of nitrogens with one attached hydrogen (secondary N) is 1. The average molecular weight is 292 g/mol. The molecule has 4 heteroatoms. The summed E-state index contributed by atoms with van der Waals surface area (Å²) < 4.78 is 1.98. The van der Waals surface area contributed by atoms with E-state index in [-0.39, 0.29) is 0 Å². The van der Waals surface area contributed by atoms with Crippen LogP contribution in [0.25, 0.3) is 0 Å². The molecule has 2 rings (SSSR count). The van der Waals surface area contributed by atoms with Gasteiger partial charge in [-0.2, -0.15) is 5.10 Å². The lowest BCUT2D eigenvalue weighted by atomic mass is 10.0. The Morgan fingerprint density at radius 3 is 2.65 bits per heavy atom. The molecule has 1 aromatic heterocycles. The Morgan fingerprint density at radius 2 is 2.05 bits per heavy atom. The van der Waals surface area contributed by atoms with Gasteiger partial charge in [0.25, 0.3) is 0 Å². The summed E-state index contributed by atoms with van der Waals surface area (Å²) in [6.45, 7) is 6.07. The van der Waals surface area contributed by atoms with Crippen LogP contribution in [0.5, 0.6) is 0 Å². The van der Waals surface area contributed by atoms with E-state index in [9.17, 15) is 0 Å². The maximum Gasteiger partial charge on any atom is 0.0534 e. The van der Waals surface area contributed by atoms with Crippen LogP contribution in [-0.2, 0) is 6.54 Å². The monoisotopic (exact) mass is 291 g/mol. The summed E-state index contributed by atoms with van der Waals surface area (Å²) in [5.74, 6) is 0. The Bertz CT molecular complexity index is 519. The van der Waals surface area contributed by atoms with Crippen molar-refractivity contribution in [3.8, 4) is 0 Å². The Morgan fingerprint density at radius 1 is 1.30 bits per heavy atom. The third kappa shape index (κ3) is 4.36. The van der Waals surface area contributed by atoms with Crippen molar-refractivity contribution in [2.45, 2.75) is 39.3 Å². The van der Waals surface area contributed by atoms with E-state index in [4.69, 9.17) is 11.6 Å². The molecule has 3 nitrogen and oxygen atoms in total. The molecular formula is C16H22ClN3. The number of aryl methyl sites for hydroxylation is 1. The van der Waals surface area contributed by atoms with Gasteiger partial charge in [0.05, 0.1) is 12.7 Å². The number of hydrogen-bond acceptors (Lipinski definition) is 2. The van der Waals surface area contributed by atoms with Crippen molar-refractivity contribution in [1.29, 1.82) is 0 Å². The van der Waals surface area contributed by atoms with Crippen molar-refractivity contribution < 1.29 is 0 Å². The number of nitrogens with zero attached hydrogens (tertiary/aromatic N) is 2. The van der Waals surface area contributed by atoms with Gasteiger partial charge in [-0.15, -0.1) is 0 Å². The van der Waals surface area contributed by atoms with Crippen molar-refractivity contribution in [1.82, 2.24) is 15.1 Å². The minimum Gasteiger partial charge on any atom is -0.308 e. The topological polar surface area (TPSA) is 29.9 Å². The molecule has 0 radical (unpaired) electrons. The first kappa shape index (κ1) is 15.1. The van der Waals surface area contributed by atoms with Gasteiger partial charge in [-0.1, -0.05) is 37.1 Å². The Hall–Kier alpha value is -1.32. The number of hydrogen-bond donors (Lipinski definition) is 1. The highest BCUT2D eigenvalue weighted by Crippen LogP contribution is 2.20. The van der Waals surface area contributed by atoms with Gasteiger partial charge in [0.2, 0.25) is 0 Å². The molecule has 2 aromatic rings. The molecule has 108 valence electrons. The quantitative estimate of drug-likeness (QED) is 0.836. The van der Waals surface area contributed by atoms with Gasteiger partial charge in [-0.05, 0) is 36.6 Å². The van der Waals surface area contributed by atoms with Crippen LogP contribution in [0.1, 0.15) is 36.9 Å². The molecule has 0 spiro atoms. The SMILES string of the molecule is CCCC(NCCn1cc(C)cn1)c1ccc(Cl)cc1. The fourth-order valence-electron chi connectivity index (χ4n) is 2.31. The van der Waals surface area contributed by atoms with Crippen LogP contribution in [0, 0.1) is 6.92 Å². The lowest BCUT2D eigenvalue weighted by Gasteiger charge is -2.18. The van der Waals surface area contributed by atoms with Crippen molar-refractivity contribution in [3.63, 3.8) is 0 Å². The molecule has 20 heavy (non-hydrogen) atoms. The lowest BCUT2D eigenvalue weighted by molar-refractivity contribution is 0.461. The van der Waals surface area contributed by atoms with E-state index < -0.39 is 0 Å². The van der Waals surface area contributed by atoms with Gasteiger partial charge in [0.15, 0.2) is 0 Å². The fourth-order valence-corrected chi connectivity index (χ4v) is 2.44. The molecule has 0 amide bonds. The maximum atomic E-state index is 5.95. The molecular weight excluding hydrogens is 270 g/mol. The Kier molecular flexibility index (Phi) is 5.62. The summed E-state index contributed by atoms with van der Waals surface area (Å²) in [5, 5.41) is 8.70. The van der Waals surface area contributed by atoms with E-state index in [1.165, 1.54) is 11.1 Å². The van der Waals surface area contributed by atoms with Crippen molar-refractivity contribution in [2.24, 2.45) is 0 Å². The van der Waals surface area contributed by atoms with E-state index in [0.717, 1.165) is 31.0 Å². The van der Waals surface area contributed by atoms with Gasteiger partial charge in [-0.25, -0.2) is 0 Å². The fraction of sp³-hybridized carbons (Fsp3) is 0.438. The molecule has 0 fully saturated rings. The summed E-state index contributed by atoms with van der Waals surface area (Å²) in [5.41, 5.74) is 2.50. The van der Waals surface area contributed by atoms with Crippen LogP contribution in [0.4, 0.5) is 0 Å². The zero-order chi connectivity index (χ0) is 14.4. The van der Waals surface area contributed by atoms with Crippen molar-refractivity contribution in [3.05, 3.63) is 52.8 Å². The third-order valence-corrected chi connectivity index (χ3v) is 3.60. The summed E-state index contributed by atoms with van der Waals surface area (Å²) in [6.07, 6.45) is 6.24. The molecule has 0 aliphatic carbocycles. The van der Waals surface area contributed by atoms with Gasteiger partial charge in [-0.3, -0.25) is 4.68 Å². The molecule has 0 saturated heterocycles. The Labute approximate surface area is 126 Å². The largest absolute Gasteiger partial charge is 0.308 e. The number of rotatable bonds is 7. The lowest BCUT2D eigenvalue weighted by Crippen LogP contribution is -2.25. The standard InChI is InChI=1S/C16H22ClN3/c1-3-4-16(14-5-7-15(17)8-6-14)18-9-10-20-12-13(2)11-19-20/h5-8,11-12,16,18H,3-4,9-10H2,1-2H3. The second kappa shape index (κ2) is 7.46. The predicted octanol–water partition coefficient (Wildman–Crippen LogP) is 3.98. The highest BCUT2D eigenvalue weighted by molar-refractivity contribution is 6.30. The number of benzene rings is 1. The zero-order valence-corrected chi connectivity index (χ0v) is 12.9. The van der Waals surface area contributed by atoms with Gasteiger partial charge in [0.1, 0.15) is 0 Å². The van der Waals surface area contributed by atoms with Crippen LogP contribution < -0.4 is 5.32 Å². The number of aromatic nitrogens is 2. The molecule has 0 saturated carbocycles. The van der Waals surface area contributed by atoms with Gasteiger partial charge in [0, 0.05) is 23.8 Å². The summed E-state index contributed by atoms with van der Waals surface area (Å²) >= 11 is 5.95. The second-order valence-electron chi connectivity index (χ2n) is 5.13. The van der Waals surface area contributed by atoms with E-state index in [0.29, 0.717) is 6.04 Å². The number of halogens is 1. The maximum absolute atomic E-state index is 5.95. The van der Waals surface area contributed by atoms with Crippen molar-refractivity contribution >= 4 is 11.6 Å². The van der Waals surface area contributed by atoms with E-state index in [1.54, 1.807) is 0 Å².